The van der Waals surface area contributed by atoms with E-state index in [0.717, 1.165) is 13.0 Å². The number of nitrogens with zero attached hydrogens (tertiary/aromatic N) is 1. The van der Waals surface area contributed by atoms with Gasteiger partial charge in [0.25, 0.3) is 5.91 Å². The number of aromatic nitrogens is 1. The van der Waals surface area contributed by atoms with E-state index in [4.69, 9.17) is 14.2 Å². The van der Waals surface area contributed by atoms with E-state index >= 15 is 0 Å². The van der Waals surface area contributed by atoms with Crippen molar-refractivity contribution in [2.45, 2.75) is 52.2 Å². The molecule has 1 N–H and O–H groups in total. The number of halogens is 2. The van der Waals surface area contributed by atoms with Gasteiger partial charge in [0.1, 0.15) is 23.5 Å². The van der Waals surface area contributed by atoms with Crippen molar-refractivity contribution in [1.82, 2.24) is 10.3 Å². The first-order chi connectivity index (χ1) is 16.4. The van der Waals surface area contributed by atoms with Gasteiger partial charge in [0.05, 0.1) is 19.8 Å². The molecular weight excluding hydrogens is 462 g/mol. The zero-order valence-corrected chi connectivity index (χ0v) is 20.6. The summed E-state index contributed by atoms with van der Waals surface area (Å²) in [6.45, 7) is 7.82. The number of aldehydes is 1. The summed E-state index contributed by atoms with van der Waals surface area (Å²) in [4.78, 5) is 40.3. The lowest BCUT2D eigenvalue weighted by molar-refractivity contribution is -0.132. The molecule has 1 aromatic carbocycles. The number of carbonyl (C=O) groups excluding carboxylic acids is 3. The summed E-state index contributed by atoms with van der Waals surface area (Å²) in [5, 5.41) is 2.54. The third kappa shape index (κ3) is 7.05. The molecule has 0 unspecified atom stereocenters. The zero-order chi connectivity index (χ0) is 26.3. The highest BCUT2D eigenvalue weighted by atomic mass is 19.1. The van der Waals surface area contributed by atoms with Crippen molar-refractivity contribution in [3.63, 3.8) is 0 Å². The van der Waals surface area contributed by atoms with Gasteiger partial charge in [-0.3, -0.25) is 9.59 Å². The third-order valence-corrected chi connectivity index (χ3v) is 5.40. The van der Waals surface area contributed by atoms with Gasteiger partial charge in [0.2, 0.25) is 5.75 Å². The average Bonchev–Trinajstić information content (AvgIpc) is 2.78. The van der Waals surface area contributed by atoms with Crippen molar-refractivity contribution in [2.24, 2.45) is 5.92 Å². The van der Waals surface area contributed by atoms with Gasteiger partial charge in [0, 0.05) is 31.2 Å². The smallest absolute Gasteiger partial charge is 0.308 e. The van der Waals surface area contributed by atoms with Crippen LogP contribution in [0.4, 0.5) is 8.78 Å². The second-order valence-corrected chi connectivity index (χ2v) is 8.73. The summed E-state index contributed by atoms with van der Waals surface area (Å²) in [6, 6.07) is 4.79. The predicted molar refractivity (Wildman–Crippen MR) is 123 cm³/mol. The van der Waals surface area contributed by atoms with Crippen molar-refractivity contribution >= 4 is 18.2 Å². The molecule has 0 radical (unpaired) electrons. The Bertz CT molecular complexity index is 1080. The van der Waals surface area contributed by atoms with Gasteiger partial charge in [-0.05, 0) is 31.4 Å². The third-order valence-electron chi connectivity index (χ3n) is 5.40. The van der Waals surface area contributed by atoms with Crippen molar-refractivity contribution in [1.29, 1.82) is 0 Å². The number of carbonyl (C=O) groups is 3. The van der Waals surface area contributed by atoms with Crippen LogP contribution in [0.15, 0.2) is 30.5 Å². The first-order valence-corrected chi connectivity index (χ1v) is 11.0. The molecule has 2 aromatic rings. The molecule has 0 saturated carbocycles. The molecule has 8 nitrogen and oxygen atoms in total. The Morgan fingerprint density at radius 2 is 1.89 bits per heavy atom. The number of amides is 1. The van der Waals surface area contributed by atoms with Gasteiger partial charge >= 0.3 is 5.97 Å². The normalized spacial score (nSPS) is 14.5. The maximum Gasteiger partial charge on any atom is 0.308 e. The molecule has 0 spiro atoms. The van der Waals surface area contributed by atoms with Crippen molar-refractivity contribution in [2.75, 3.05) is 13.7 Å². The molecule has 0 aliphatic carbocycles. The van der Waals surface area contributed by atoms with E-state index in [2.05, 4.69) is 10.3 Å². The van der Waals surface area contributed by atoms with Gasteiger partial charge in [0.15, 0.2) is 11.4 Å². The van der Waals surface area contributed by atoms with Crippen molar-refractivity contribution < 1.29 is 37.4 Å². The maximum atomic E-state index is 14.4. The number of ether oxygens (including phenoxy) is 3. The predicted octanol–water partition coefficient (Wildman–Crippen LogP) is 3.83. The molecular formula is C25H30F2N2O6. The van der Waals surface area contributed by atoms with E-state index < -0.39 is 41.1 Å². The number of rotatable bonds is 11. The Morgan fingerprint density at radius 3 is 2.43 bits per heavy atom. The number of hydrogen-bond acceptors (Lipinski definition) is 7. The van der Waals surface area contributed by atoms with Crippen LogP contribution in [-0.4, -0.2) is 48.5 Å². The Morgan fingerprint density at radius 1 is 1.20 bits per heavy atom. The van der Waals surface area contributed by atoms with Crippen LogP contribution in [0.1, 0.15) is 56.6 Å². The highest BCUT2D eigenvalue weighted by molar-refractivity contribution is 5.98. The SMILES string of the molecule is COc1ccnc(C(=O)N[C@](C)(C=O)CO[C@@H](C)[C@H](c2ccc(F)cc2F)C(C)C)c1OC(C)=O. The largest absolute Gasteiger partial charge is 0.493 e. The van der Waals surface area contributed by atoms with E-state index in [0.29, 0.717) is 6.29 Å². The second-order valence-electron chi connectivity index (χ2n) is 8.73. The highest BCUT2D eigenvalue weighted by Gasteiger charge is 2.33. The lowest BCUT2D eigenvalue weighted by atomic mass is 9.84. The van der Waals surface area contributed by atoms with Crippen molar-refractivity contribution in [3.05, 3.63) is 53.4 Å². The molecule has 1 amide bonds. The number of benzene rings is 1. The lowest BCUT2D eigenvalue weighted by Crippen LogP contribution is -2.52. The fraction of sp³-hybridized carbons (Fsp3) is 0.440. The first kappa shape index (κ1) is 27.8. The molecule has 0 bridgehead atoms. The molecule has 2 rings (SSSR count). The molecule has 35 heavy (non-hydrogen) atoms. The standard InChI is InChI=1S/C25H30F2N2O6/c1-14(2)21(18-8-7-17(26)11-19(18)27)15(3)34-13-25(5,12-30)29-24(32)22-23(35-16(4)31)20(33-6)9-10-28-22/h7-12,14-15,21H,13H2,1-6H3,(H,29,32)/t15-,21+,25+/m0/s1. The van der Waals surface area contributed by atoms with Crippen LogP contribution in [0, 0.1) is 17.6 Å². The average molecular weight is 493 g/mol. The van der Waals surface area contributed by atoms with Gasteiger partial charge < -0.3 is 24.3 Å². The van der Waals surface area contributed by atoms with Gasteiger partial charge in [-0.1, -0.05) is 19.9 Å². The monoisotopic (exact) mass is 492 g/mol. The molecule has 0 saturated heterocycles. The molecule has 1 heterocycles. The Labute approximate surface area is 203 Å². The number of methoxy groups -OCH3 is 1. The minimum atomic E-state index is -1.49. The summed E-state index contributed by atoms with van der Waals surface area (Å²) < 4.78 is 44.0. The Balaban J connectivity index is 2.22. The number of esters is 1. The number of nitrogens with one attached hydrogen (secondary N) is 1. The van der Waals surface area contributed by atoms with E-state index in [1.165, 1.54) is 38.4 Å². The Kier molecular flexibility index (Phi) is 9.41. The van der Waals surface area contributed by atoms with Crippen LogP contribution in [-0.2, 0) is 14.3 Å². The van der Waals surface area contributed by atoms with E-state index in [1.807, 2.05) is 13.8 Å². The topological polar surface area (TPSA) is 104 Å². The van der Waals surface area contributed by atoms with Gasteiger partial charge in [-0.15, -0.1) is 0 Å². The van der Waals surface area contributed by atoms with Gasteiger partial charge in [-0.25, -0.2) is 13.8 Å². The molecule has 190 valence electrons. The summed E-state index contributed by atoms with van der Waals surface area (Å²) >= 11 is 0. The van der Waals surface area contributed by atoms with E-state index in [-0.39, 0.29) is 35.3 Å². The number of hydrogen-bond donors (Lipinski definition) is 1. The minimum absolute atomic E-state index is 0.0747. The van der Waals surface area contributed by atoms with E-state index in [9.17, 15) is 23.2 Å². The summed E-state index contributed by atoms with van der Waals surface area (Å²) in [5.41, 5.74) is -1.46. The van der Waals surface area contributed by atoms with Crippen molar-refractivity contribution in [3.8, 4) is 11.5 Å². The van der Waals surface area contributed by atoms with Gasteiger partial charge in [-0.2, -0.15) is 0 Å². The molecule has 10 heteroatoms. The quantitative estimate of drug-likeness (QED) is 0.376. The Hall–Kier alpha value is -3.40. The van der Waals surface area contributed by atoms with Crippen LogP contribution in [0.5, 0.6) is 11.5 Å². The van der Waals surface area contributed by atoms with Crippen LogP contribution in [0.3, 0.4) is 0 Å². The number of pyridine rings is 1. The van der Waals surface area contributed by atoms with Crippen LogP contribution in [0.2, 0.25) is 0 Å². The zero-order valence-electron chi connectivity index (χ0n) is 20.6. The van der Waals surface area contributed by atoms with Crippen LogP contribution >= 0.6 is 0 Å². The molecule has 0 aliphatic rings. The summed E-state index contributed by atoms with van der Waals surface area (Å²) in [6.07, 6.45) is 1.21. The fourth-order valence-corrected chi connectivity index (χ4v) is 3.75. The second kappa shape index (κ2) is 11.8. The molecule has 1 aromatic heterocycles. The summed E-state index contributed by atoms with van der Waals surface area (Å²) in [7, 11) is 1.34. The van der Waals surface area contributed by atoms with E-state index in [1.54, 1.807) is 6.92 Å². The maximum absolute atomic E-state index is 14.4. The van der Waals surface area contributed by atoms with Crippen LogP contribution < -0.4 is 14.8 Å². The highest BCUT2D eigenvalue weighted by Crippen LogP contribution is 2.33. The van der Waals surface area contributed by atoms with Crippen LogP contribution in [0.25, 0.3) is 0 Å². The molecule has 0 aliphatic heterocycles. The molecule has 3 atom stereocenters. The minimum Gasteiger partial charge on any atom is -0.493 e. The molecule has 0 fully saturated rings. The first-order valence-electron chi connectivity index (χ1n) is 11.0. The fourth-order valence-electron chi connectivity index (χ4n) is 3.75. The lowest BCUT2D eigenvalue weighted by Gasteiger charge is -2.32. The summed E-state index contributed by atoms with van der Waals surface area (Å²) in [5.74, 6) is -3.45.